The summed E-state index contributed by atoms with van der Waals surface area (Å²) in [6.07, 6.45) is 4.16. The maximum absolute atomic E-state index is 13.1. The molecule has 0 aromatic heterocycles. The summed E-state index contributed by atoms with van der Waals surface area (Å²) < 4.78 is 0. The largest absolute Gasteiger partial charge is 0.508 e. The fraction of sp³-hybridized carbons (Fsp3) is 0.318. The fourth-order valence-corrected chi connectivity index (χ4v) is 4.45. The topological polar surface area (TPSA) is 60.8 Å². The lowest BCUT2D eigenvalue weighted by Gasteiger charge is -2.50. The van der Waals surface area contributed by atoms with Crippen LogP contribution < -0.4 is 0 Å². The van der Waals surface area contributed by atoms with Crippen molar-refractivity contribution in [2.75, 3.05) is 13.6 Å². The number of piperidine rings is 1. The smallest absolute Gasteiger partial charge is 0.161 e. The van der Waals surface area contributed by atoms with Gasteiger partial charge in [0.1, 0.15) is 11.5 Å². The van der Waals surface area contributed by atoms with Crippen LogP contribution in [0.3, 0.4) is 0 Å². The highest BCUT2D eigenvalue weighted by Gasteiger charge is 2.48. The van der Waals surface area contributed by atoms with Crippen molar-refractivity contribution < 1.29 is 15.0 Å². The number of carbonyl (C=O) groups is 1. The van der Waals surface area contributed by atoms with Gasteiger partial charge in [0.2, 0.25) is 0 Å². The van der Waals surface area contributed by atoms with Crippen LogP contribution in [0.5, 0.6) is 11.5 Å². The van der Waals surface area contributed by atoms with E-state index in [1.807, 2.05) is 24.3 Å². The third-order valence-electron chi connectivity index (χ3n) is 5.89. The Hall–Kier alpha value is -2.59. The Balaban J connectivity index is 1.73. The second-order valence-corrected chi connectivity index (χ2v) is 7.58. The van der Waals surface area contributed by atoms with Crippen molar-refractivity contribution in [3.05, 3.63) is 65.2 Å². The molecule has 1 aliphatic carbocycles. The lowest BCUT2D eigenvalue weighted by Crippen LogP contribution is -2.53. The number of hydrogen-bond donors (Lipinski definition) is 2. The van der Waals surface area contributed by atoms with Crippen molar-refractivity contribution in [1.82, 2.24) is 4.90 Å². The number of likely N-dealkylation sites (N-methyl/N-ethyl adjacent to an activating group) is 1. The predicted octanol–water partition coefficient (Wildman–Crippen LogP) is 3.49. The molecule has 2 aromatic rings. The van der Waals surface area contributed by atoms with Crippen LogP contribution in [0.4, 0.5) is 0 Å². The number of phenols is 2. The SMILES string of the molecule is CN1CC[C@]2(c3cccc(O)c3)CC(=O)/C(=C/c3cccc(O)c3)[C@H]1C2. The third-order valence-corrected chi connectivity index (χ3v) is 5.89. The number of fused-ring (bicyclic) bond motifs is 2. The Bertz CT molecular complexity index is 888. The van der Waals surface area contributed by atoms with Crippen molar-refractivity contribution >= 4 is 11.9 Å². The number of phenolic OH excluding ortho intramolecular Hbond substituents is 2. The van der Waals surface area contributed by atoms with E-state index in [1.165, 1.54) is 0 Å². The van der Waals surface area contributed by atoms with Gasteiger partial charge >= 0.3 is 0 Å². The van der Waals surface area contributed by atoms with Gasteiger partial charge in [-0.05, 0) is 67.9 Å². The number of likely N-dealkylation sites (tertiary alicyclic amines) is 1. The minimum atomic E-state index is -0.205. The standard InChI is InChI=1S/C22H23NO3/c1-23-9-8-22(16-5-3-7-18(25)12-16)13-20(23)19(21(26)14-22)11-15-4-2-6-17(24)10-15/h2-7,10-12,20,24-25H,8-9,13-14H2,1H3/b19-11+/t20-,22-/m1/s1. The number of Topliss-reactive ketones (excluding diaryl/α,β-unsaturated/α-hetero) is 1. The lowest BCUT2D eigenvalue weighted by molar-refractivity contribution is -0.120. The summed E-state index contributed by atoms with van der Waals surface area (Å²) in [5, 5.41) is 19.6. The molecule has 1 saturated heterocycles. The summed E-state index contributed by atoms with van der Waals surface area (Å²) in [6.45, 7) is 0.908. The van der Waals surface area contributed by atoms with E-state index in [2.05, 4.69) is 11.9 Å². The van der Waals surface area contributed by atoms with Crippen LogP contribution in [-0.2, 0) is 10.2 Å². The second-order valence-electron chi connectivity index (χ2n) is 7.58. The highest BCUT2D eigenvalue weighted by Crippen LogP contribution is 2.47. The van der Waals surface area contributed by atoms with Crippen molar-refractivity contribution in [1.29, 1.82) is 0 Å². The van der Waals surface area contributed by atoms with Crippen LogP contribution in [0.1, 0.15) is 30.4 Å². The molecule has 2 aromatic carbocycles. The highest BCUT2D eigenvalue weighted by molar-refractivity contribution is 6.02. The number of aromatic hydroxyl groups is 2. The number of ketones is 1. The van der Waals surface area contributed by atoms with E-state index in [4.69, 9.17) is 0 Å². The van der Waals surface area contributed by atoms with Gasteiger partial charge in [0.05, 0.1) is 0 Å². The molecule has 26 heavy (non-hydrogen) atoms. The molecular formula is C22H23NO3. The van der Waals surface area contributed by atoms with Crippen LogP contribution in [0.2, 0.25) is 0 Å². The molecule has 0 amide bonds. The molecule has 1 heterocycles. The molecule has 4 nitrogen and oxygen atoms in total. The molecule has 4 rings (SSSR count). The van der Waals surface area contributed by atoms with E-state index < -0.39 is 0 Å². The average molecular weight is 349 g/mol. The van der Waals surface area contributed by atoms with Crippen molar-refractivity contribution in [2.24, 2.45) is 0 Å². The summed E-state index contributed by atoms with van der Waals surface area (Å²) in [5.41, 5.74) is 2.51. The van der Waals surface area contributed by atoms with Gasteiger partial charge in [-0.1, -0.05) is 24.3 Å². The van der Waals surface area contributed by atoms with Gasteiger partial charge in [-0.2, -0.15) is 0 Å². The predicted molar refractivity (Wildman–Crippen MR) is 101 cm³/mol. The number of rotatable bonds is 2. The molecule has 0 radical (unpaired) electrons. The minimum absolute atomic E-state index is 0.0506. The Labute approximate surface area is 153 Å². The first-order chi connectivity index (χ1) is 12.5. The molecule has 0 spiro atoms. The Morgan fingerprint density at radius 1 is 1.12 bits per heavy atom. The molecule has 2 bridgehead atoms. The summed E-state index contributed by atoms with van der Waals surface area (Å²) >= 11 is 0. The van der Waals surface area contributed by atoms with E-state index in [0.717, 1.165) is 36.1 Å². The van der Waals surface area contributed by atoms with Crippen LogP contribution in [0.25, 0.3) is 6.08 Å². The van der Waals surface area contributed by atoms with Crippen LogP contribution in [0.15, 0.2) is 54.1 Å². The van der Waals surface area contributed by atoms with Gasteiger partial charge in [0, 0.05) is 23.5 Å². The van der Waals surface area contributed by atoms with Gasteiger partial charge in [-0.25, -0.2) is 0 Å². The van der Waals surface area contributed by atoms with E-state index in [1.54, 1.807) is 30.3 Å². The molecule has 0 unspecified atom stereocenters. The first-order valence-corrected chi connectivity index (χ1v) is 9.00. The van der Waals surface area contributed by atoms with Crippen molar-refractivity contribution in [3.8, 4) is 11.5 Å². The zero-order valence-electron chi connectivity index (χ0n) is 14.9. The molecule has 1 saturated carbocycles. The van der Waals surface area contributed by atoms with Crippen LogP contribution in [0, 0.1) is 0 Å². The van der Waals surface area contributed by atoms with E-state index >= 15 is 0 Å². The van der Waals surface area contributed by atoms with Crippen LogP contribution in [-0.4, -0.2) is 40.5 Å². The summed E-state index contributed by atoms with van der Waals surface area (Å²) in [4.78, 5) is 15.3. The zero-order chi connectivity index (χ0) is 18.3. The van der Waals surface area contributed by atoms with Crippen LogP contribution >= 0.6 is 0 Å². The lowest BCUT2D eigenvalue weighted by atomic mass is 9.61. The second kappa shape index (κ2) is 6.29. The first-order valence-electron chi connectivity index (χ1n) is 9.00. The van der Waals surface area contributed by atoms with E-state index in [-0.39, 0.29) is 28.7 Å². The first kappa shape index (κ1) is 16.9. The maximum Gasteiger partial charge on any atom is 0.161 e. The Kier molecular flexibility index (Phi) is 4.08. The van der Waals surface area contributed by atoms with Gasteiger partial charge < -0.3 is 10.2 Å². The fourth-order valence-electron chi connectivity index (χ4n) is 4.45. The van der Waals surface area contributed by atoms with Crippen molar-refractivity contribution in [2.45, 2.75) is 30.7 Å². The summed E-state index contributed by atoms with van der Waals surface area (Å²) in [5.74, 6) is 0.606. The molecule has 2 fully saturated rings. The summed E-state index contributed by atoms with van der Waals surface area (Å²) in [7, 11) is 2.06. The molecular weight excluding hydrogens is 326 g/mol. The molecule has 2 aliphatic rings. The number of carbonyl (C=O) groups excluding carboxylic acids is 1. The van der Waals surface area contributed by atoms with Gasteiger partial charge in [0.15, 0.2) is 5.78 Å². The van der Waals surface area contributed by atoms with E-state index in [0.29, 0.717) is 6.42 Å². The Morgan fingerprint density at radius 3 is 2.58 bits per heavy atom. The quantitative estimate of drug-likeness (QED) is 0.815. The molecule has 4 heteroatoms. The number of nitrogens with zero attached hydrogens (tertiary/aromatic N) is 1. The monoisotopic (exact) mass is 349 g/mol. The van der Waals surface area contributed by atoms with Crippen molar-refractivity contribution in [3.63, 3.8) is 0 Å². The Morgan fingerprint density at radius 2 is 1.85 bits per heavy atom. The van der Waals surface area contributed by atoms with Gasteiger partial charge in [-0.15, -0.1) is 0 Å². The summed E-state index contributed by atoms with van der Waals surface area (Å²) in [6, 6.07) is 14.4. The molecule has 1 aliphatic heterocycles. The molecule has 134 valence electrons. The number of hydrogen-bond acceptors (Lipinski definition) is 4. The minimum Gasteiger partial charge on any atom is -0.508 e. The highest BCUT2D eigenvalue weighted by atomic mass is 16.3. The molecule has 2 atom stereocenters. The average Bonchev–Trinajstić information content (AvgIpc) is 2.61. The normalized spacial score (nSPS) is 27.7. The van der Waals surface area contributed by atoms with E-state index in [9.17, 15) is 15.0 Å². The maximum atomic E-state index is 13.1. The van der Waals surface area contributed by atoms with Gasteiger partial charge in [0.25, 0.3) is 0 Å². The third kappa shape index (κ3) is 2.90. The van der Waals surface area contributed by atoms with Gasteiger partial charge in [-0.3, -0.25) is 9.69 Å². The number of benzene rings is 2. The zero-order valence-corrected chi connectivity index (χ0v) is 14.9. The molecule has 2 N–H and O–H groups in total.